The molecule has 1 aliphatic rings. The van der Waals surface area contributed by atoms with Gasteiger partial charge in [-0.15, -0.1) is 0 Å². The molecule has 1 atom stereocenters. The first-order valence-electron chi connectivity index (χ1n) is 6.36. The second-order valence-electron chi connectivity index (χ2n) is 4.60. The molecular weight excluding hydrogens is 249 g/mol. The maximum atomic E-state index is 13.1. The largest absolute Gasteiger partial charge is 0.488 e. The van der Waals surface area contributed by atoms with Crippen molar-refractivity contribution in [3.05, 3.63) is 29.6 Å². The van der Waals surface area contributed by atoms with Gasteiger partial charge < -0.3 is 9.47 Å². The lowest BCUT2D eigenvalue weighted by atomic mass is 10.1. The molecule has 104 valence electrons. The van der Waals surface area contributed by atoms with Crippen molar-refractivity contribution in [3.8, 4) is 5.75 Å². The minimum Gasteiger partial charge on any atom is -0.488 e. The first-order valence-corrected chi connectivity index (χ1v) is 6.36. The SMILES string of the molecule is CCN(CC(=O)OC)CC1Cc2cc(F)ccc2O1. The van der Waals surface area contributed by atoms with Gasteiger partial charge in [-0.05, 0) is 24.7 Å². The molecular formula is C14H18FNO3. The van der Waals surface area contributed by atoms with Crippen molar-refractivity contribution in [1.29, 1.82) is 0 Å². The minimum atomic E-state index is -0.261. The first kappa shape index (κ1) is 13.8. The monoisotopic (exact) mass is 267 g/mol. The first-order chi connectivity index (χ1) is 9.12. The van der Waals surface area contributed by atoms with Gasteiger partial charge in [-0.2, -0.15) is 0 Å². The highest BCUT2D eigenvalue weighted by molar-refractivity contribution is 5.71. The Morgan fingerprint density at radius 2 is 2.37 bits per heavy atom. The van der Waals surface area contributed by atoms with Gasteiger partial charge in [-0.25, -0.2) is 4.39 Å². The normalized spacial score (nSPS) is 17.2. The molecule has 2 rings (SSSR count). The summed E-state index contributed by atoms with van der Waals surface area (Å²) < 4.78 is 23.5. The quantitative estimate of drug-likeness (QED) is 0.760. The number of ether oxygens (including phenoxy) is 2. The van der Waals surface area contributed by atoms with Crippen molar-refractivity contribution in [1.82, 2.24) is 4.90 Å². The van der Waals surface area contributed by atoms with Crippen LogP contribution in [0, 0.1) is 5.82 Å². The molecule has 1 aliphatic heterocycles. The molecule has 1 aromatic rings. The highest BCUT2D eigenvalue weighted by Gasteiger charge is 2.25. The Labute approximate surface area is 112 Å². The molecule has 0 saturated heterocycles. The summed E-state index contributed by atoms with van der Waals surface area (Å²) in [4.78, 5) is 13.2. The number of hydrogen-bond donors (Lipinski definition) is 0. The molecule has 0 fully saturated rings. The van der Waals surface area contributed by atoms with Crippen LogP contribution in [0.15, 0.2) is 18.2 Å². The maximum Gasteiger partial charge on any atom is 0.319 e. The summed E-state index contributed by atoms with van der Waals surface area (Å²) in [6.07, 6.45) is 0.631. The predicted octanol–water partition coefficient (Wildman–Crippen LogP) is 1.62. The van der Waals surface area contributed by atoms with E-state index < -0.39 is 0 Å². The van der Waals surface area contributed by atoms with Crippen LogP contribution >= 0.6 is 0 Å². The number of likely N-dealkylation sites (N-methyl/N-ethyl adjacent to an activating group) is 1. The minimum absolute atomic E-state index is 0.0404. The number of methoxy groups -OCH3 is 1. The fourth-order valence-electron chi connectivity index (χ4n) is 2.23. The number of rotatable bonds is 5. The lowest BCUT2D eigenvalue weighted by Gasteiger charge is -2.22. The maximum absolute atomic E-state index is 13.1. The summed E-state index contributed by atoms with van der Waals surface area (Å²) >= 11 is 0. The van der Waals surface area contributed by atoms with Gasteiger partial charge in [0, 0.05) is 18.5 Å². The van der Waals surface area contributed by atoms with Crippen LogP contribution in [0.3, 0.4) is 0 Å². The van der Waals surface area contributed by atoms with Crippen LogP contribution in [0.4, 0.5) is 4.39 Å². The summed E-state index contributed by atoms with van der Waals surface area (Å²) in [5.74, 6) is 0.230. The van der Waals surface area contributed by atoms with Crippen LogP contribution in [-0.4, -0.2) is 43.7 Å². The van der Waals surface area contributed by atoms with Gasteiger partial charge in [-0.1, -0.05) is 6.92 Å². The van der Waals surface area contributed by atoms with Gasteiger partial charge in [0.25, 0.3) is 0 Å². The molecule has 4 nitrogen and oxygen atoms in total. The van der Waals surface area contributed by atoms with Gasteiger partial charge in [-0.3, -0.25) is 9.69 Å². The Kier molecular flexibility index (Phi) is 4.37. The van der Waals surface area contributed by atoms with Crippen molar-refractivity contribution in [3.63, 3.8) is 0 Å². The summed E-state index contributed by atoms with van der Waals surface area (Å²) in [5.41, 5.74) is 0.888. The topological polar surface area (TPSA) is 38.8 Å². The molecule has 0 bridgehead atoms. The molecule has 1 unspecified atom stereocenters. The van der Waals surface area contributed by atoms with Crippen LogP contribution < -0.4 is 4.74 Å². The summed E-state index contributed by atoms with van der Waals surface area (Å²) in [7, 11) is 1.38. The molecule has 0 amide bonds. The molecule has 0 saturated carbocycles. The van der Waals surface area contributed by atoms with E-state index in [0.717, 1.165) is 17.9 Å². The Balaban J connectivity index is 1.93. The van der Waals surface area contributed by atoms with Crippen molar-refractivity contribution in [2.45, 2.75) is 19.4 Å². The van der Waals surface area contributed by atoms with Crippen LogP contribution in [0.1, 0.15) is 12.5 Å². The van der Waals surface area contributed by atoms with Crippen LogP contribution in [0.2, 0.25) is 0 Å². The van der Waals surface area contributed by atoms with Crippen LogP contribution in [0.5, 0.6) is 5.75 Å². The van der Waals surface area contributed by atoms with Gasteiger partial charge in [0.15, 0.2) is 0 Å². The fourth-order valence-corrected chi connectivity index (χ4v) is 2.23. The predicted molar refractivity (Wildman–Crippen MR) is 68.7 cm³/mol. The van der Waals surface area contributed by atoms with Gasteiger partial charge >= 0.3 is 5.97 Å². The molecule has 19 heavy (non-hydrogen) atoms. The number of benzene rings is 1. The zero-order valence-electron chi connectivity index (χ0n) is 11.2. The van der Waals surface area contributed by atoms with Gasteiger partial charge in [0.1, 0.15) is 17.7 Å². The number of nitrogens with zero attached hydrogens (tertiary/aromatic N) is 1. The highest BCUT2D eigenvalue weighted by atomic mass is 19.1. The van der Waals surface area contributed by atoms with Crippen molar-refractivity contribution >= 4 is 5.97 Å². The standard InChI is InChI=1S/C14H18FNO3/c1-3-16(9-14(17)18-2)8-12-7-10-6-11(15)4-5-13(10)19-12/h4-6,12H,3,7-9H2,1-2H3. The lowest BCUT2D eigenvalue weighted by Crippen LogP contribution is -2.38. The van der Waals surface area contributed by atoms with Gasteiger partial charge in [0.05, 0.1) is 13.7 Å². The van der Waals surface area contributed by atoms with Gasteiger partial charge in [0.2, 0.25) is 0 Å². The van der Waals surface area contributed by atoms with E-state index >= 15 is 0 Å². The van der Waals surface area contributed by atoms with Crippen molar-refractivity contribution in [2.24, 2.45) is 0 Å². The zero-order chi connectivity index (χ0) is 13.8. The molecule has 1 aromatic carbocycles. The zero-order valence-corrected chi connectivity index (χ0v) is 11.2. The molecule has 5 heteroatoms. The van der Waals surface area contributed by atoms with E-state index in [-0.39, 0.29) is 24.4 Å². The summed E-state index contributed by atoms with van der Waals surface area (Å²) in [5, 5.41) is 0. The van der Waals surface area contributed by atoms with Crippen molar-refractivity contribution in [2.75, 3.05) is 26.7 Å². The van der Waals surface area contributed by atoms with Crippen LogP contribution in [0.25, 0.3) is 0 Å². The number of carbonyl (C=O) groups is 1. The third-order valence-corrected chi connectivity index (χ3v) is 3.25. The highest BCUT2D eigenvalue weighted by Crippen LogP contribution is 2.29. The van der Waals surface area contributed by atoms with E-state index in [1.807, 2.05) is 11.8 Å². The van der Waals surface area contributed by atoms with E-state index in [0.29, 0.717) is 13.0 Å². The van der Waals surface area contributed by atoms with E-state index in [1.54, 1.807) is 6.07 Å². The average molecular weight is 267 g/mol. The molecule has 1 heterocycles. The molecule has 0 radical (unpaired) electrons. The number of hydrogen-bond acceptors (Lipinski definition) is 4. The molecule has 0 spiro atoms. The van der Waals surface area contributed by atoms with Crippen LogP contribution in [-0.2, 0) is 16.0 Å². The van der Waals surface area contributed by atoms with E-state index in [4.69, 9.17) is 4.74 Å². The van der Waals surface area contributed by atoms with E-state index in [9.17, 15) is 9.18 Å². The third kappa shape index (κ3) is 3.44. The van der Waals surface area contributed by atoms with E-state index in [1.165, 1.54) is 19.2 Å². The summed E-state index contributed by atoms with van der Waals surface area (Å²) in [6.45, 7) is 3.59. The Bertz CT molecular complexity index is 464. The second kappa shape index (κ2) is 6.02. The summed E-state index contributed by atoms with van der Waals surface area (Å²) in [6, 6.07) is 4.56. The smallest absolute Gasteiger partial charge is 0.319 e. The Morgan fingerprint density at radius 3 is 3.05 bits per heavy atom. The molecule has 0 N–H and O–H groups in total. The lowest BCUT2D eigenvalue weighted by molar-refractivity contribution is -0.142. The third-order valence-electron chi connectivity index (χ3n) is 3.25. The fraction of sp³-hybridized carbons (Fsp3) is 0.500. The number of esters is 1. The number of halogens is 1. The Morgan fingerprint density at radius 1 is 1.58 bits per heavy atom. The number of fused-ring (bicyclic) bond motifs is 1. The second-order valence-corrected chi connectivity index (χ2v) is 4.60. The average Bonchev–Trinajstić information content (AvgIpc) is 2.79. The molecule has 0 aromatic heterocycles. The molecule has 0 aliphatic carbocycles. The van der Waals surface area contributed by atoms with E-state index in [2.05, 4.69) is 4.74 Å². The van der Waals surface area contributed by atoms with Crippen molar-refractivity contribution < 1.29 is 18.7 Å². The number of carbonyl (C=O) groups excluding carboxylic acids is 1. The Hall–Kier alpha value is -1.62.